The molecule has 2 fully saturated rings. The standard InChI is InChI=1S/C20H31NO5/c1-2-3-4-5-6-7-15(22)9-8-14-12-16-17(20(14)25)13-18(16)21-26-11-10-19(23)24/h14-17,20,22,25H,2-7,10-13H2,1H3,(H,23,24). The zero-order valence-corrected chi connectivity index (χ0v) is 15.6. The number of hydrogen-bond acceptors (Lipinski definition) is 5. The van der Waals surface area contributed by atoms with E-state index in [4.69, 9.17) is 9.94 Å². The summed E-state index contributed by atoms with van der Waals surface area (Å²) >= 11 is 0. The highest BCUT2D eigenvalue weighted by Gasteiger charge is 2.51. The third kappa shape index (κ3) is 6.00. The SMILES string of the molecule is CCCCCCCC(O)C#CC1CC2C(=NOCCC(=O)O)CC2C1O. The summed E-state index contributed by atoms with van der Waals surface area (Å²) in [6, 6.07) is 0. The Kier molecular flexibility index (Phi) is 8.40. The quantitative estimate of drug-likeness (QED) is 0.314. The number of aliphatic hydroxyl groups excluding tert-OH is 2. The van der Waals surface area contributed by atoms with E-state index in [9.17, 15) is 15.0 Å². The largest absolute Gasteiger partial charge is 0.481 e. The number of carboxylic acids is 1. The number of unbranched alkanes of at least 4 members (excludes halogenated alkanes) is 4. The average Bonchev–Trinajstić information content (AvgIpc) is 2.83. The van der Waals surface area contributed by atoms with E-state index in [1.165, 1.54) is 19.3 Å². The molecule has 5 atom stereocenters. The van der Waals surface area contributed by atoms with Crippen LogP contribution in [0.3, 0.4) is 0 Å². The van der Waals surface area contributed by atoms with E-state index in [2.05, 4.69) is 23.9 Å². The van der Waals surface area contributed by atoms with Crippen molar-refractivity contribution >= 4 is 11.7 Å². The molecule has 3 N–H and O–H groups in total. The number of carbonyl (C=O) groups is 1. The average molecular weight is 365 g/mol. The van der Waals surface area contributed by atoms with Crippen molar-refractivity contribution in [3.05, 3.63) is 0 Å². The van der Waals surface area contributed by atoms with Gasteiger partial charge in [0.15, 0.2) is 0 Å². The first-order valence-corrected chi connectivity index (χ1v) is 9.80. The first-order chi connectivity index (χ1) is 12.5. The van der Waals surface area contributed by atoms with Crippen molar-refractivity contribution in [2.75, 3.05) is 6.61 Å². The summed E-state index contributed by atoms with van der Waals surface area (Å²) in [7, 11) is 0. The van der Waals surface area contributed by atoms with Crippen molar-refractivity contribution in [3.63, 3.8) is 0 Å². The van der Waals surface area contributed by atoms with Gasteiger partial charge >= 0.3 is 5.97 Å². The number of rotatable bonds is 10. The zero-order chi connectivity index (χ0) is 18.9. The number of hydrogen-bond donors (Lipinski definition) is 3. The highest BCUT2D eigenvalue weighted by atomic mass is 16.6. The number of aliphatic carboxylic acids is 1. The van der Waals surface area contributed by atoms with Crippen molar-refractivity contribution in [2.24, 2.45) is 22.9 Å². The molecule has 26 heavy (non-hydrogen) atoms. The van der Waals surface area contributed by atoms with Crippen LogP contribution in [0, 0.1) is 29.6 Å². The van der Waals surface area contributed by atoms with Gasteiger partial charge in [0.1, 0.15) is 12.7 Å². The van der Waals surface area contributed by atoms with E-state index in [1.54, 1.807) is 0 Å². The molecule has 0 bridgehead atoms. The molecule has 0 aromatic heterocycles. The maximum absolute atomic E-state index is 10.4. The molecule has 0 aliphatic heterocycles. The second-order valence-electron chi connectivity index (χ2n) is 7.37. The molecule has 2 saturated carbocycles. The molecule has 0 spiro atoms. The molecule has 6 heteroatoms. The van der Waals surface area contributed by atoms with Crippen LogP contribution >= 0.6 is 0 Å². The Morgan fingerprint density at radius 1 is 1.35 bits per heavy atom. The fourth-order valence-electron chi connectivity index (χ4n) is 3.73. The van der Waals surface area contributed by atoms with Crippen LogP contribution in [0.15, 0.2) is 5.16 Å². The zero-order valence-electron chi connectivity index (χ0n) is 15.6. The molecule has 0 radical (unpaired) electrons. The second kappa shape index (κ2) is 10.5. The number of carboxylic acid groups (broad SMARTS) is 1. The monoisotopic (exact) mass is 365 g/mol. The Hall–Kier alpha value is -1.58. The van der Waals surface area contributed by atoms with Crippen LogP contribution in [0.1, 0.15) is 64.7 Å². The van der Waals surface area contributed by atoms with Gasteiger partial charge in [0.05, 0.1) is 18.2 Å². The molecule has 0 saturated heterocycles. The number of fused-ring (bicyclic) bond motifs is 1. The molecule has 2 aliphatic rings. The van der Waals surface area contributed by atoms with Crippen LogP contribution < -0.4 is 0 Å². The van der Waals surface area contributed by atoms with Gasteiger partial charge in [-0.05, 0) is 31.6 Å². The molecule has 146 valence electrons. The third-order valence-corrected chi connectivity index (χ3v) is 5.35. The molecule has 0 aromatic rings. The van der Waals surface area contributed by atoms with E-state index in [0.29, 0.717) is 12.8 Å². The highest BCUT2D eigenvalue weighted by Crippen LogP contribution is 2.47. The van der Waals surface area contributed by atoms with Crippen molar-refractivity contribution in [2.45, 2.75) is 76.9 Å². The molecule has 2 rings (SSSR count). The van der Waals surface area contributed by atoms with Crippen molar-refractivity contribution in [1.82, 2.24) is 0 Å². The summed E-state index contributed by atoms with van der Waals surface area (Å²) in [5, 5.41) is 32.9. The Morgan fingerprint density at radius 3 is 2.85 bits per heavy atom. The minimum atomic E-state index is -0.910. The van der Waals surface area contributed by atoms with Crippen LogP contribution in [-0.4, -0.2) is 45.8 Å². The minimum absolute atomic E-state index is 0.0620. The fourth-order valence-corrected chi connectivity index (χ4v) is 3.73. The summed E-state index contributed by atoms with van der Waals surface area (Å²) in [6.45, 7) is 2.24. The number of nitrogens with zero attached hydrogens (tertiary/aromatic N) is 1. The summed E-state index contributed by atoms with van der Waals surface area (Å²) in [6.07, 6.45) is 6.69. The van der Waals surface area contributed by atoms with Gasteiger partial charge < -0.3 is 20.2 Å². The topological polar surface area (TPSA) is 99.4 Å². The Labute approximate surface area is 155 Å². The number of oxime groups is 1. The Balaban J connectivity index is 1.72. The van der Waals surface area contributed by atoms with E-state index in [1.807, 2.05) is 0 Å². The highest BCUT2D eigenvalue weighted by molar-refractivity contribution is 5.93. The maximum Gasteiger partial charge on any atom is 0.306 e. The van der Waals surface area contributed by atoms with Gasteiger partial charge in [-0.15, -0.1) is 0 Å². The van der Waals surface area contributed by atoms with E-state index in [-0.39, 0.29) is 30.8 Å². The van der Waals surface area contributed by atoms with Gasteiger partial charge in [-0.2, -0.15) is 0 Å². The molecule has 2 aliphatic carbocycles. The van der Waals surface area contributed by atoms with Crippen LogP contribution in [-0.2, 0) is 9.63 Å². The van der Waals surface area contributed by atoms with E-state index in [0.717, 1.165) is 25.0 Å². The first kappa shape index (κ1) is 20.7. The second-order valence-corrected chi connectivity index (χ2v) is 7.37. The van der Waals surface area contributed by atoms with Crippen molar-refractivity contribution < 1.29 is 25.0 Å². The molecular formula is C20H31NO5. The van der Waals surface area contributed by atoms with Crippen LogP contribution in [0.2, 0.25) is 0 Å². The smallest absolute Gasteiger partial charge is 0.306 e. The maximum atomic E-state index is 10.4. The summed E-state index contributed by atoms with van der Waals surface area (Å²) in [5.74, 6) is 5.25. The molecule has 6 nitrogen and oxygen atoms in total. The van der Waals surface area contributed by atoms with Gasteiger partial charge in [0, 0.05) is 11.8 Å². The molecular weight excluding hydrogens is 334 g/mol. The number of aliphatic hydroxyl groups is 2. The molecule has 0 aromatic carbocycles. The fraction of sp³-hybridized carbons (Fsp3) is 0.800. The van der Waals surface area contributed by atoms with E-state index < -0.39 is 18.2 Å². The lowest BCUT2D eigenvalue weighted by Crippen LogP contribution is -2.38. The van der Waals surface area contributed by atoms with Gasteiger partial charge in [-0.1, -0.05) is 49.6 Å². The predicted octanol–water partition coefficient (Wildman–Crippen LogP) is 2.58. The van der Waals surface area contributed by atoms with Gasteiger partial charge in [0.2, 0.25) is 0 Å². The van der Waals surface area contributed by atoms with Gasteiger partial charge in [0.25, 0.3) is 0 Å². The van der Waals surface area contributed by atoms with Crippen LogP contribution in [0.25, 0.3) is 0 Å². The molecule has 0 heterocycles. The first-order valence-electron chi connectivity index (χ1n) is 9.80. The summed E-state index contributed by atoms with van der Waals surface area (Å²) < 4.78 is 0. The Morgan fingerprint density at radius 2 is 2.12 bits per heavy atom. The lowest BCUT2D eigenvalue weighted by Gasteiger charge is -2.33. The molecule has 0 amide bonds. The lowest BCUT2D eigenvalue weighted by molar-refractivity contribution is -0.138. The normalized spacial score (nSPS) is 29.4. The lowest BCUT2D eigenvalue weighted by atomic mass is 9.73. The minimum Gasteiger partial charge on any atom is -0.481 e. The third-order valence-electron chi connectivity index (χ3n) is 5.35. The van der Waals surface area contributed by atoms with Crippen molar-refractivity contribution in [3.8, 4) is 11.8 Å². The van der Waals surface area contributed by atoms with Crippen molar-refractivity contribution in [1.29, 1.82) is 0 Å². The van der Waals surface area contributed by atoms with Gasteiger partial charge in [-0.3, -0.25) is 4.79 Å². The molecule has 5 unspecified atom stereocenters. The van der Waals surface area contributed by atoms with Crippen LogP contribution in [0.5, 0.6) is 0 Å². The summed E-state index contributed by atoms with van der Waals surface area (Å²) in [4.78, 5) is 15.5. The summed E-state index contributed by atoms with van der Waals surface area (Å²) in [5.41, 5.74) is 0.889. The van der Waals surface area contributed by atoms with E-state index >= 15 is 0 Å². The van der Waals surface area contributed by atoms with Gasteiger partial charge in [-0.25, -0.2) is 0 Å². The Bertz CT molecular complexity index is 550. The van der Waals surface area contributed by atoms with Crippen LogP contribution in [0.4, 0.5) is 0 Å². The predicted molar refractivity (Wildman–Crippen MR) is 98.5 cm³/mol.